The van der Waals surface area contributed by atoms with Crippen LogP contribution < -0.4 is 11.2 Å². The molecule has 0 aliphatic heterocycles. The quantitative estimate of drug-likeness (QED) is 0.555. The van der Waals surface area contributed by atoms with Gasteiger partial charge in [-0.05, 0) is 32.9 Å². The summed E-state index contributed by atoms with van der Waals surface area (Å²) in [6, 6.07) is 7.10. The Morgan fingerprint density at radius 2 is 2.04 bits per heavy atom. The molecule has 2 amide bonds. The lowest BCUT2D eigenvalue weighted by Crippen LogP contribution is -2.46. The van der Waals surface area contributed by atoms with E-state index in [0.717, 1.165) is 17.3 Å². The Balaban J connectivity index is 1.95. The Morgan fingerprint density at radius 3 is 2.67 bits per heavy atom. The molecule has 2 aromatic rings. The second-order valence-corrected chi connectivity index (χ2v) is 8.40. The fourth-order valence-corrected chi connectivity index (χ4v) is 3.19. The third kappa shape index (κ3) is 6.14. The number of rotatable bonds is 6. The summed E-state index contributed by atoms with van der Waals surface area (Å²) >= 11 is 7.14. The van der Waals surface area contributed by atoms with Crippen molar-refractivity contribution in [1.29, 1.82) is 0 Å². The zero-order valence-corrected chi connectivity index (χ0v) is 17.3. The molecule has 146 valence electrons. The molecule has 0 radical (unpaired) electrons. The van der Waals surface area contributed by atoms with Crippen molar-refractivity contribution in [2.24, 2.45) is 0 Å². The van der Waals surface area contributed by atoms with Gasteiger partial charge in [-0.25, -0.2) is 4.68 Å². The van der Waals surface area contributed by atoms with Gasteiger partial charge in [0.1, 0.15) is 0 Å². The van der Waals surface area contributed by atoms with Crippen molar-refractivity contribution < 1.29 is 9.59 Å². The van der Waals surface area contributed by atoms with Crippen molar-refractivity contribution in [3.63, 3.8) is 0 Å². The van der Waals surface area contributed by atoms with Gasteiger partial charge in [0.15, 0.2) is 5.82 Å². The fourth-order valence-electron chi connectivity index (χ4n) is 2.20. The number of halogens is 1. The minimum absolute atomic E-state index is 0.0141. The first-order valence-electron chi connectivity index (χ1n) is 8.21. The highest BCUT2D eigenvalue weighted by Crippen LogP contribution is 2.23. The summed E-state index contributed by atoms with van der Waals surface area (Å²) in [6.45, 7) is 5.64. The van der Waals surface area contributed by atoms with E-state index in [2.05, 4.69) is 15.5 Å². The highest BCUT2D eigenvalue weighted by atomic mass is 35.5. The van der Waals surface area contributed by atoms with Gasteiger partial charge >= 0.3 is 0 Å². The normalized spacial score (nSPS) is 11.3. The van der Waals surface area contributed by atoms with Crippen LogP contribution in [0.25, 0.3) is 11.4 Å². The summed E-state index contributed by atoms with van der Waals surface area (Å²) in [7, 11) is 1.58. The van der Waals surface area contributed by atoms with Gasteiger partial charge in [-0.2, -0.15) is 0 Å². The van der Waals surface area contributed by atoms with E-state index in [9.17, 15) is 9.59 Å². The monoisotopic (exact) mass is 410 g/mol. The number of benzene rings is 1. The fraction of sp³-hybridized carbons (Fsp3) is 0.412. The number of nitrogens with zero attached hydrogens (tertiary/aromatic N) is 4. The van der Waals surface area contributed by atoms with Crippen molar-refractivity contribution >= 4 is 35.2 Å². The maximum absolute atomic E-state index is 12.3. The van der Waals surface area contributed by atoms with E-state index in [4.69, 9.17) is 17.4 Å². The number of hydrogen-bond donors (Lipinski definition) is 2. The van der Waals surface area contributed by atoms with E-state index in [1.165, 1.54) is 9.58 Å². The predicted octanol–water partition coefficient (Wildman–Crippen LogP) is 1.78. The second kappa shape index (κ2) is 8.62. The highest BCUT2D eigenvalue weighted by Gasteiger charge is 2.19. The van der Waals surface area contributed by atoms with E-state index in [1.807, 2.05) is 26.8 Å². The Hall–Kier alpha value is -2.26. The molecule has 1 heterocycles. The third-order valence-corrected chi connectivity index (χ3v) is 4.56. The second-order valence-electron chi connectivity index (χ2n) is 7.02. The van der Waals surface area contributed by atoms with Crippen LogP contribution in [0.15, 0.2) is 29.4 Å². The Bertz CT molecular complexity index is 833. The van der Waals surface area contributed by atoms with Gasteiger partial charge in [-0.15, -0.1) is 10.2 Å². The standard InChI is InChI=1S/C17H23ClN6O2S/c1-17(2,3)20-13(25)9-23(4)14(26)10-27-16-22-21-15(24(16)19)11-6-5-7-12(18)8-11/h5-8H,9-10,19H2,1-4H3,(H,20,25). The van der Waals surface area contributed by atoms with Crippen LogP contribution in [0.2, 0.25) is 5.02 Å². The van der Waals surface area contributed by atoms with E-state index in [-0.39, 0.29) is 29.7 Å². The summed E-state index contributed by atoms with van der Waals surface area (Å²) < 4.78 is 1.32. The van der Waals surface area contributed by atoms with Gasteiger partial charge in [0.2, 0.25) is 17.0 Å². The molecular formula is C17H23ClN6O2S. The largest absolute Gasteiger partial charge is 0.350 e. The van der Waals surface area contributed by atoms with Crippen molar-refractivity contribution in [3.8, 4) is 11.4 Å². The predicted molar refractivity (Wildman–Crippen MR) is 107 cm³/mol. The number of nitrogens with two attached hydrogens (primary N) is 1. The molecule has 0 aliphatic carbocycles. The molecule has 10 heteroatoms. The Labute approximate surface area is 167 Å². The Morgan fingerprint density at radius 1 is 1.33 bits per heavy atom. The third-order valence-electron chi connectivity index (χ3n) is 3.39. The first-order chi connectivity index (χ1) is 12.6. The lowest BCUT2D eigenvalue weighted by Gasteiger charge is -2.23. The molecule has 0 unspecified atom stereocenters. The number of aromatic nitrogens is 3. The molecule has 2 rings (SSSR count). The van der Waals surface area contributed by atoms with Crippen LogP contribution in [0.1, 0.15) is 20.8 Å². The molecule has 0 aliphatic rings. The van der Waals surface area contributed by atoms with Crippen LogP contribution in [0.4, 0.5) is 0 Å². The Kier molecular flexibility index (Phi) is 6.72. The molecule has 0 spiro atoms. The van der Waals surface area contributed by atoms with E-state index < -0.39 is 0 Å². The molecule has 0 saturated heterocycles. The van der Waals surface area contributed by atoms with Gasteiger partial charge in [0, 0.05) is 23.2 Å². The van der Waals surface area contributed by atoms with Gasteiger partial charge in [-0.3, -0.25) is 9.59 Å². The minimum atomic E-state index is -0.345. The SMILES string of the molecule is CN(CC(=O)NC(C)(C)C)C(=O)CSc1nnc(-c2cccc(Cl)c2)n1N. The molecule has 1 aromatic heterocycles. The molecule has 0 atom stereocenters. The molecule has 0 saturated carbocycles. The molecule has 3 N–H and O–H groups in total. The number of thioether (sulfide) groups is 1. The number of hydrogen-bond acceptors (Lipinski definition) is 6. The minimum Gasteiger partial charge on any atom is -0.350 e. The number of nitrogens with one attached hydrogen (secondary N) is 1. The van der Waals surface area contributed by atoms with Gasteiger partial charge in [0.05, 0.1) is 12.3 Å². The van der Waals surface area contributed by atoms with Crippen molar-refractivity contribution in [3.05, 3.63) is 29.3 Å². The number of carbonyl (C=O) groups is 2. The molecule has 0 fully saturated rings. The van der Waals surface area contributed by atoms with Crippen LogP contribution >= 0.6 is 23.4 Å². The summed E-state index contributed by atoms with van der Waals surface area (Å²) in [4.78, 5) is 25.5. The number of nitrogen functional groups attached to an aromatic ring is 1. The van der Waals surface area contributed by atoms with Gasteiger partial charge in [0.25, 0.3) is 0 Å². The van der Waals surface area contributed by atoms with Gasteiger partial charge in [-0.1, -0.05) is 35.5 Å². The molecule has 1 aromatic carbocycles. The number of amides is 2. The molecule has 27 heavy (non-hydrogen) atoms. The van der Waals surface area contributed by atoms with Crippen molar-refractivity contribution in [2.45, 2.75) is 31.5 Å². The van der Waals surface area contributed by atoms with E-state index >= 15 is 0 Å². The number of likely N-dealkylation sites (N-methyl/N-ethyl adjacent to an activating group) is 1. The van der Waals surface area contributed by atoms with E-state index in [0.29, 0.717) is 16.0 Å². The summed E-state index contributed by atoms with van der Waals surface area (Å²) in [5.41, 5.74) is 0.384. The van der Waals surface area contributed by atoms with Crippen molar-refractivity contribution in [2.75, 3.05) is 25.2 Å². The maximum atomic E-state index is 12.3. The summed E-state index contributed by atoms with van der Waals surface area (Å²) in [6.07, 6.45) is 0. The van der Waals surface area contributed by atoms with Crippen LogP contribution in [0.5, 0.6) is 0 Å². The zero-order valence-electron chi connectivity index (χ0n) is 15.7. The maximum Gasteiger partial charge on any atom is 0.240 e. The zero-order chi connectivity index (χ0) is 20.2. The van der Waals surface area contributed by atoms with Crippen LogP contribution in [-0.2, 0) is 9.59 Å². The van der Waals surface area contributed by atoms with Crippen LogP contribution in [-0.4, -0.2) is 56.5 Å². The summed E-state index contributed by atoms with van der Waals surface area (Å²) in [5.74, 6) is 6.15. The lowest BCUT2D eigenvalue weighted by molar-refractivity contribution is -0.133. The first-order valence-corrected chi connectivity index (χ1v) is 9.57. The van der Waals surface area contributed by atoms with Crippen LogP contribution in [0, 0.1) is 0 Å². The molecular weight excluding hydrogens is 388 g/mol. The smallest absolute Gasteiger partial charge is 0.240 e. The average Bonchev–Trinajstić information content (AvgIpc) is 2.91. The molecule has 0 bridgehead atoms. The lowest BCUT2D eigenvalue weighted by atomic mass is 10.1. The molecule has 8 nitrogen and oxygen atoms in total. The van der Waals surface area contributed by atoms with E-state index in [1.54, 1.807) is 25.2 Å². The number of carbonyl (C=O) groups excluding carboxylic acids is 2. The van der Waals surface area contributed by atoms with Gasteiger partial charge < -0.3 is 16.1 Å². The van der Waals surface area contributed by atoms with Crippen LogP contribution in [0.3, 0.4) is 0 Å². The van der Waals surface area contributed by atoms with Crippen molar-refractivity contribution in [1.82, 2.24) is 25.1 Å². The first kappa shape index (κ1) is 21.0. The summed E-state index contributed by atoms with van der Waals surface area (Å²) in [5, 5.41) is 11.9. The average molecular weight is 411 g/mol. The topological polar surface area (TPSA) is 106 Å². The highest BCUT2D eigenvalue weighted by molar-refractivity contribution is 7.99.